The van der Waals surface area contributed by atoms with E-state index >= 15 is 0 Å². The first-order valence-electron chi connectivity index (χ1n) is 11.1. The third-order valence-corrected chi connectivity index (χ3v) is 5.86. The van der Waals surface area contributed by atoms with E-state index in [1.807, 2.05) is 0 Å². The Morgan fingerprint density at radius 1 is 1.03 bits per heavy atom. The van der Waals surface area contributed by atoms with E-state index in [9.17, 15) is 40.3 Å². The minimum Gasteiger partial charge on any atom is -0.453 e. The summed E-state index contributed by atoms with van der Waals surface area (Å²) in [5.41, 5.74) is -3.26. The van der Waals surface area contributed by atoms with Gasteiger partial charge in [-0.2, -0.15) is 26.3 Å². The van der Waals surface area contributed by atoms with Crippen molar-refractivity contribution in [2.75, 3.05) is 18.6 Å². The maximum Gasteiger partial charge on any atom is 0.416 e. The van der Waals surface area contributed by atoms with Crippen molar-refractivity contribution in [1.82, 2.24) is 4.90 Å². The molecule has 2 amide bonds. The Balaban J connectivity index is 2.12. The lowest BCUT2D eigenvalue weighted by molar-refractivity contribution is -0.143. The van der Waals surface area contributed by atoms with Gasteiger partial charge in [-0.05, 0) is 62.2 Å². The lowest BCUT2D eigenvalue weighted by Gasteiger charge is -2.42. The van der Waals surface area contributed by atoms with E-state index in [4.69, 9.17) is 9.47 Å². The normalized spacial score (nSPS) is 17.7. The fourth-order valence-electron chi connectivity index (χ4n) is 4.30. The average Bonchev–Trinajstić information content (AvgIpc) is 2.80. The summed E-state index contributed by atoms with van der Waals surface area (Å²) in [5, 5.41) is 0. The molecule has 2 aromatic rings. The number of carbonyl (C=O) groups excluding carboxylic acids is 2. The van der Waals surface area contributed by atoms with Crippen LogP contribution < -0.4 is 4.90 Å². The second kappa shape index (κ2) is 10.5. The van der Waals surface area contributed by atoms with Crippen LogP contribution in [0.5, 0.6) is 0 Å². The maximum absolute atomic E-state index is 14.3. The van der Waals surface area contributed by atoms with Crippen LogP contribution in [0.2, 0.25) is 0 Å². The lowest BCUT2D eigenvalue weighted by Crippen LogP contribution is -2.47. The number of methoxy groups -OCH3 is 1. The largest absolute Gasteiger partial charge is 0.453 e. The number of carbonyl (C=O) groups is 2. The summed E-state index contributed by atoms with van der Waals surface area (Å²) in [6.07, 6.45) is -12.0. The highest BCUT2D eigenvalue weighted by atomic mass is 19.4. The van der Waals surface area contributed by atoms with Crippen LogP contribution in [0.4, 0.5) is 46.0 Å². The van der Waals surface area contributed by atoms with E-state index in [2.05, 4.69) is 0 Å². The molecule has 0 saturated heterocycles. The lowest BCUT2D eigenvalue weighted by atomic mass is 9.90. The Morgan fingerprint density at radius 2 is 1.62 bits per heavy atom. The summed E-state index contributed by atoms with van der Waals surface area (Å²) in [6, 6.07) is 2.71. The van der Waals surface area contributed by atoms with E-state index in [-0.39, 0.29) is 30.3 Å². The molecule has 2 unspecified atom stereocenters. The van der Waals surface area contributed by atoms with Crippen molar-refractivity contribution < 1.29 is 49.8 Å². The minimum atomic E-state index is -5.08. The van der Waals surface area contributed by atoms with E-state index in [0.717, 1.165) is 24.1 Å². The molecule has 2 atom stereocenters. The molecule has 202 valence electrons. The van der Waals surface area contributed by atoms with Gasteiger partial charge < -0.3 is 9.47 Å². The molecular formula is C24H23F7N2O4. The number of amides is 2. The van der Waals surface area contributed by atoms with Gasteiger partial charge in [0.1, 0.15) is 5.82 Å². The molecule has 0 N–H and O–H groups in total. The van der Waals surface area contributed by atoms with Crippen molar-refractivity contribution in [3.63, 3.8) is 0 Å². The van der Waals surface area contributed by atoms with Crippen molar-refractivity contribution in [1.29, 1.82) is 0 Å². The highest BCUT2D eigenvalue weighted by Crippen LogP contribution is 2.43. The molecule has 37 heavy (non-hydrogen) atoms. The number of hydrogen-bond donors (Lipinski definition) is 0. The van der Waals surface area contributed by atoms with Crippen molar-refractivity contribution in [3.8, 4) is 0 Å². The summed E-state index contributed by atoms with van der Waals surface area (Å²) in [6.45, 7) is 2.53. The van der Waals surface area contributed by atoms with Crippen LogP contribution in [0.1, 0.15) is 48.6 Å². The van der Waals surface area contributed by atoms with Crippen LogP contribution >= 0.6 is 0 Å². The molecule has 0 fully saturated rings. The van der Waals surface area contributed by atoms with Gasteiger partial charge in [0.25, 0.3) is 0 Å². The summed E-state index contributed by atoms with van der Waals surface area (Å²) in [5.74, 6) is -0.731. The van der Waals surface area contributed by atoms with Gasteiger partial charge in [0, 0.05) is 18.2 Å². The van der Waals surface area contributed by atoms with Gasteiger partial charge >= 0.3 is 24.5 Å². The number of fused-ring (bicyclic) bond motifs is 1. The number of benzene rings is 2. The highest BCUT2D eigenvalue weighted by Gasteiger charge is 2.41. The molecule has 0 saturated carbocycles. The molecule has 3 rings (SSSR count). The Hall–Kier alpha value is -3.51. The molecule has 13 heteroatoms. The topological polar surface area (TPSA) is 59.1 Å². The van der Waals surface area contributed by atoms with Crippen molar-refractivity contribution in [2.45, 2.75) is 51.2 Å². The predicted octanol–water partition coefficient (Wildman–Crippen LogP) is 6.93. The second-order valence-electron chi connectivity index (χ2n) is 8.38. The SMILES string of the molecule is CCOC(=O)N1c2ccc(F)cc2C(N(Cc2cc(C(F)(F)F)cc(C(F)(F)F)c2)C(=O)OC)CC1C. The standard InChI is InChI=1S/C24H23F7N2O4/c1-4-37-22(35)33-13(2)7-20(18-11-17(25)5-6-19(18)33)32(21(34)36-3)12-14-8-15(23(26,27)28)10-16(9-14)24(29,30)31/h5-6,8-11,13,20H,4,7,12H2,1-3H3. The first-order valence-corrected chi connectivity index (χ1v) is 11.1. The third kappa shape index (κ3) is 6.08. The van der Waals surface area contributed by atoms with Gasteiger partial charge in [0.05, 0.1) is 36.6 Å². The van der Waals surface area contributed by atoms with Crippen LogP contribution in [0.25, 0.3) is 0 Å². The van der Waals surface area contributed by atoms with E-state index in [1.165, 1.54) is 11.0 Å². The quantitative estimate of drug-likeness (QED) is 0.398. The van der Waals surface area contributed by atoms with Gasteiger partial charge in [0.2, 0.25) is 0 Å². The number of alkyl halides is 6. The van der Waals surface area contributed by atoms with Gasteiger partial charge in [-0.3, -0.25) is 9.80 Å². The van der Waals surface area contributed by atoms with Gasteiger partial charge in [-0.25, -0.2) is 14.0 Å². The van der Waals surface area contributed by atoms with Crippen LogP contribution in [0, 0.1) is 5.82 Å². The zero-order valence-electron chi connectivity index (χ0n) is 19.9. The molecular weight excluding hydrogens is 513 g/mol. The fourth-order valence-corrected chi connectivity index (χ4v) is 4.30. The Labute approximate surface area is 207 Å². The molecule has 1 aliphatic heterocycles. The smallest absolute Gasteiger partial charge is 0.416 e. The predicted molar refractivity (Wildman–Crippen MR) is 117 cm³/mol. The first kappa shape index (κ1) is 28.1. The maximum atomic E-state index is 14.3. The number of anilines is 1. The number of ether oxygens (including phenoxy) is 2. The molecule has 0 spiro atoms. The Kier molecular flexibility index (Phi) is 7.94. The molecule has 0 aromatic heterocycles. The second-order valence-corrected chi connectivity index (χ2v) is 8.38. The average molecular weight is 536 g/mol. The molecule has 1 aliphatic rings. The van der Waals surface area contributed by atoms with Gasteiger partial charge in [-0.1, -0.05) is 0 Å². The summed E-state index contributed by atoms with van der Waals surface area (Å²) >= 11 is 0. The fraction of sp³-hybridized carbons (Fsp3) is 0.417. The van der Waals surface area contributed by atoms with Crippen LogP contribution in [0.15, 0.2) is 36.4 Å². The molecule has 0 radical (unpaired) electrons. The molecule has 1 heterocycles. The summed E-state index contributed by atoms with van der Waals surface area (Å²) in [7, 11) is 0.992. The van der Waals surface area contributed by atoms with Crippen molar-refractivity contribution >= 4 is 17.9 Å². The van der Waals surface area contributed by atoms with Crippen LogP contribution in [-0.4, -0.2) is 36.8 Å². The number of rotatable bonds is 4. The number of halogens is 7. The third-order valence-electron chi connectivity index (χ3n) is 5.86. The number of hydrogen-bond acceptors (Lipinski definition) is 4. The zero-order chi connectivity index (χ0) is 27.7. The van der Waals surface area contributed by atoms with Gasteiger partial charge in [-0.15, -0.1) is 0 Å². The molecule has 6 nitrogen and oxygen atoms in total. The molecule has 2 aromatic carbocycles. The highest BCUT2D eigenvalue weighted by molar-refractivity contribution is 5.90. The molecule has 0 bridgehead atoms. The van der Waals surface area contributed by atoms with E-state index in [1.54, 1.807) is 13.8 Å². The van der Waals surface area contributed by atoms with E-state index in [0.29, 0.717) is 12.1 Å². The van der Waals surface area contributed by atoms with E-state index < -0.39 is 65.7 Å². The van der Waals surface area contributed by atoms with Crippen molar-refractivity contribution in [3.05, 3.63) is 64.5 Å². The molecule has 0 aliphatic carbocycles. The van der Waals surface area contributed by atoms with Crippen LogP contribution in [0.3, 0.4) is 0 Å². The summed E-state index contributed by atoms with van der Waals surface area (Å²) in [4.78, 5) is 27.5. The zero-order valence-corrected chi connectivity index (χ0v) is 19.9. The minimum absolute atomic E-state index is 0.0173. The Bertz CT molecular complexity index is 1130. The monoisotopic (exact) mass is 536 g/mol. The number of nitrogens with zero attached hydrogens (tertiary/aromatic N) is 2. The first-order chi connectivity index (χ1) is 17.2. The Morgan fingerprint density at radius 3 is 2.14 bits per heavy atom. The van der Waals surface area contributed by atoms with Crippen LogP contribution in [-0.2, 0) is 28.4 Å². The van der Waals surface area contributed by atoms with Gasteiger partial charge in [0.15, 0.2) is 0 Å². The summed E-state index contributed by atoms with van der Waals surface area (Å²) < 4.78 is 104. The van der Waals surface area contributed by atoms with Crippen molar-refractivity contribution in [2.24, 2.45) is 0 Å².